The number of benzene rings is 2. The van der Waals surface area contributed by atoms with Crippen LogP contribution >= 0.6 is 0 Å². The van der Waals surface area contributed by atoms with Crippen LogP contribution in [0.25, 0.3) is 0 Å². The Labute approximate surface area is 159 Å². The molecule has 146 valence electrons. The first-order valence-corrected chi connectivity index (χ1v) is 9.94. The van der Waals surface area contributed by atoms with Gasteiger partial charge in [0.05, 0.1) is 11.4 Å². The van der Waals surface area contributed by atoms with E-state index < -0.39 is 15.8 Å². The minimum absolute atomic E-state index is 0.0956. The second kappa shape index (κ2) is 8.96. The SMILES string of the molecule is CC(C)NS(=O)(=O)c1ccc(C(=O)N(C)CCOc2ccccc2F)cc1. The van der Waals surface area contributed by atoms with Gasteiger partial charge in [-0.1, -0.05) is 12.1 Å². The summed E-state index contributed by atoms with van der Waals surface area (Å²) in [6, 6.07) is 11.5. The van der Waals surface area contributed by atoms with Crippen molar-refractivity contribution in [3.05, 3.63) is 59.9 Å². The summed E-state index contributed by atoms with van der Waals surface area (Å²) >= 11 is 0. The summed E-state index contributed by atoms with van der Waals surface area (Å²) in [4.78, 5) is 13.9. The van der Waals surface area contributed by atoms with Crippen LogP contribution in [0, 0.1) is 5.82 Å². The maximum Gasteiger partial charge on any atom is 0.253 e. The van der Waals surface area contributed by atoms with Crippen LogP contribution in [0.5, 0.6) is 5.75 Å². The fourth-order valence-electron chi connectivity index (χ4n) is 2.33. The number of nitrogens with zero attached hydrogens (tertiary/aromatic N) is 1. The molecule has 2 rings (SSSR count). The number of amides is 1. The van der Waals surface area contributed by atoms with E-state index in [1.807, 2.05) is 0 Å². The van der Waals surface area contributed by atoms with Crippen LogP contribution in [0.4, 0.5) is 4.39 Å². The second-order valence-electron chi connectivity index (χ2n) is 6.31. The molecule has 0 aromatic heterocycles. The van der Waals surface area contributed by atoms with Crippen molar-refractivity contribution in [2.45, 2.75) is 24.8 Å². The monoisotopic (exact) mass is 394 g/mol. The van der Waals surface area contributed by atoms with Crippen molar-refractivity contribution in [3.63, 3.8) is 0 Å². The van der Waals surface area contributed by atoms with Crippen LogP contribution in [0.1, 0.15) is 24.2 Å². The Kier molecular flexibility index (Phi) is 6.92. The lowest BCUT2D eigenvalue weighted by Gasteiger charge is -2.18. The third-order valence-corrected chi connectivity index (χ3v) is 5.34. The summed E-state index contributed by atoms with van der Waals surface area (Å²) in [5.41, 5.74) is 0.354. The summed E-state index contributed by atoms with van der Waals surface area (Å²) in [6.45, 7) is 3.84. The van der Waals surface area contributed by atoms with Gasteiger partial charge in [-0.25, -0.2) is 17.5 Å². The van der Waals surface area contributed by atoms with Crippen LogP contribution in [0.2, 0.25) is 0 Å². The molecule has 0 spiro atoms. The number of ether oxygens (including phenoxy) is 1. The molecule has 8 heteroatoms. The second-order valence-corrected chi connectivity index (χ2v) is 8.02. The van der Waals surface area contributed by atoms with E-state index in [0.717, 1.165) is 0 Å². The topological polar surface area (TPSA) is 75.7 Å². The number of rotatable bonds is 8. The molecule has 0 unspecified atom stereocenters. The number of sulfonamides is 1. The Hall–Kier alpha value is -2.45. The Morgan fingerprint density at radius 1 is 1.15 bits per heavy atom. The quantitative estimate of drug-likeness (QED) is 0.747. The lowest BCUT2D eigenvalue weighted by Crippen LogP contribution is -2.31. The highest BCUT2D eigenvalue weighted by Crippen LogP contribution is 2.15. The molecule has 0 saturated heterocycles. The summed E-state index contributed by atoms with van der Waals surface area (Å²) in [6.07, 6.45) is 0. The molecule has 0 aliphatic rings. The summed E-state index contributed by atoms with van der Waals surface area (Å²) < 4.78 is 45.5. The van der Waals surface area contributed by atoms with Gasteiger partial charge < -0.3 is 9.64 Å². The number of para-hydroxylation sites is 1. The van der Waals surface area contributed by atoms with Gasteiger partial charge in [0.15, 0.2) is 11.6 Å². The summed E-state index contributed by atoms with van der Waals surface area (Å²) in [7, 11) is -2.01. The van der Waals surface area contributed by atoms with Crippen LogP contribution < -0.4 is 9.46 Å². The van der Waals surface area contributed by atoms with Gasteiger partial charge in [0.1, 0.15) is 6.61 Å². The van der Waals surface area contributed by atoms with Crippen molar-refractivity contribution in [1.29, 1.82) is 0 Å². The Morgan fingerprint density at radius 3 is 2.37 bits per heavy atom. The van der Waals surface area contributed by atoms with Gasteiger partial charge in [-0.15, -0.1) is 0 Å². The minimum atomic E-state index is -3.60. The van der Waals surface area contributed by atoms with Crippen LogP contribution in [0.15, 0.2) is 53.4 Å². The highest BCUT2D eigenvalue weighted by Gasteiger charge is 2.17. The van der Waals surface area contributed by atoms with Crippen molar-refractivity contribution in [3.8, 4) is 5.75 Å². The van der Waals surface area contributed by atoms with Crippen molar-refractivity contribution in [2.75, 3.05) is 20.2 Å². The number of nitrogens with one attached hydrogen (secondary N) is 1. The van der Waals surface area contributed by atoms with Gasteiger partial charge in [-0.3, -0.25) is 4.79 Å². The van der Waals surface area contributed by atoms with Gasteiger partial charge in [-0.2, -0.15) is 0 Å². The predicted molar refractivity (Wildman–Crippen MR) is 101 cm³/mol. The molecule has 2 aromatic carbocycles. The van der Waals surface area contributed by atoms with E-state index >= 15 is 0 Å². The summed E-state index contributed by atoms with van der Waals surface area (Å²) in [5.74, 6) is -0.614. The molecular weight excluding hydrogens is 371 g/mol. The average molecular weight is 394 g/mol. The molecule has 0 radical (unpaired) electrons. The van der Waals surface area contributed by atoms with E-state index in [9.17, 15) is 17.6 Å². The maximum absolute atomic E-state index is 13.5. The maximum atomic E-state index is 13.5. The molecule has 0 saturated carbocycles. The van der Waals surface area contributed by atoms with E-state index in [1.54, 1.807) is 33.0 Å². The smallest absolute Gasteiger partial charge is 0.253 e. The van der Waals surface area contributed by atoms with Crippen molar-refractivity contribution in [1.82, 2.24) is 9.62 Å². The molecule has 0 fully saturated rings. The first kappa shape index (κ1) is 20.9. The van der Waals surface area contributed by atoms with Crippen LogP contribution in [-0.4, -0.2) is 45.5 Å². The van der Waals surface area contributed by atoms with E-state index in [4.69, 9.17) is 4.74 Å². The molecular formula is C19H23FN2O4S. The van der Waals surface area contributed by atoms with Crippen LogP contribution in [-0.2, 0) is 10.0 Å². The first-order chi connectivity index (χ1) is 12.7. The molecule has 0 heterocycles. The number of halogens is 1. The Bertz CT molecular complexity index is 883. The zero-order chi connectivity index (χ0) is 20.0. The number of carbonyl (C=O) groups excluding carboxylic acids is 1. The highest BCUT2D eigenvalue weighted by molar-refractivity contribution is 7.89. The lowest BCUT2D eigenvalue weighted by molar-refractivity contribution is 0.0773. The molecule has 0 aliphatic heterocycles. The van der Waals surface area contributed by atoms with E-state index in [0.29, 0.717) is 5.56 Å². The zero-order valence-electron chi connectivity index (χ0n) is 15.5. The molecule has 0 aliphatic carbocycles. The standard InChI is InChI=1S/C19H23FN2O4S/c1-14(2)21-27(24,25)16-10-8-15(9-11-16)19(23)22(3)12-13-26-18-7-5-4-6-17(18)20/h4-11,14,21H,12-13H2,1-3H3. The molecule has 0 atom stereocenters. The van der Waals surface area contributed by atoms with E-state index in [2.05, 4.69) is 4.72 Å². The molecule has 0 bridgehead atoms. The first-order valence-electron chi connectivity index (χ1n) is 8.46. The number of hydrogen-bond acceptors (Lipinski definition) is 4. The van der Waals surface area contributed by atoms with E-state index in [1.165, 1.54) is 41.3 Å². The van der Waals surface area contributed by atoms with Gasteiger partial charge in [0, 0.05) is 18.7 Å². The van der Waals surface area contributed by atoms with Gasteiger partial charge in [0.25, 0.3) is 5.91 Å². The van der Waals surface area contributed by atoms with Gasteiger partial charge in [0.2, 0.25) is 10.0 Å². The minimum Gasteiger partial charge on any atom is -0.489 e. The van der Waals surface area contributed by atoms with Crippen molar-refractivity contribution >= 4 is 15.9 Å². The number of hydrogen-bond donors (Lipinski definition) is 1. The van der Waals surface area contributed by atoms with Crippen LogP contribution in [0.3, 0.4) is 0 Å². The van der Waals surface area contributed by atoms with Crippen molar-refractivity contribution in [2.24, 2.45) is 0 Å². The van der Waals surface area contributed by atoms with E-state index in [-0.39, 0.29) is 35.7 Å². The fraction of sp³-hybridized carbons (Fsp3) is 0.316. The molecule has 27 heavy (non-hydrogen) atoms. The van der Waals surface area contributed by atoms with Gasteiger partial charge in [-0.05, 0) is 50.2 Å². The summed E-state index contributed by atoms with van der Waals surface area (Å²) in [5, 5.41) is 0. The zero-order valence-corrected chi connectivity index (χ0v) is 16.3. The number of carbonyl (C=O) groups is 1. The normalized spacial score (nSPS) is 11.4. The lowest BCUT2D eigenvalue weighted by atomic mass is 10.2. The highest BCUT2D eigenvalue weighted by atomic mass is 32.2. The molecule has 2 aromatic rings. The van der Waals surface area contributed by atoms with Crippen molar-refractivity contribution < 1.29 is 22.3 Å². The average Bonchev–Trinajstić information content (AvgIpc) is 2.61. The third-order valence-electron chi connectivity index (χ3n) is 3.67. The Balaban J connectivity index is 1.95. The molecule has 6 nitrogen and oxygen atoms in total. The largest absolute Gasteiger partial charge is 0.489 e. The van der Waals surface area contributed by atoms with Gasteiger partial charge >= 0.3 is 0 Å². The predicted octanol–water partition coefficient (Wildman–Crippen LogP) is 2.66. The Morgan fingerprint density at radius 2 is 1.78 bits per heavy atom. The third kappa shape index (κ3) is 5.77. The molecule has 1 amide bonds. The molecule has 1 N–H and O–H groups in total. The number of likely N-dealkylation sites (N-methyl/N-ethyl adjacent to an activating group) is 1. The fourth-order valence-corrected chi connectivity index (χ4v) is 3.58.